The molecule has 9 heteroatoms. The molecule has 1 unspecified atom stereocenters. The Labute approximate surface area is 187 Å². The second kappa shape index (κ2) is 8.62. The summed E-state index contributed by atoms with van der Waals surface area (Å²) in [6.45, 7) is 3.05. The minimum absolute atomic E-state index is 0.0755. The summed E-state index contributed by atoms with van der Waals surface area (Å²) in [4.78, 5) is 50.3. The van der Waals surface area contributed by atoms with Gasteiger partial charge in [0.15, 0.2) is 11.5 Å². The highest BCUT2D eigenvalue weighted by Crippen LogP contribution is 2.16. The van der Waals surface area contributed by atoms with Crippen molar-refractivity contribution in [3.8, 4) is 5.69 Å². The lowest BCUT2D eigenvalue weighted by atomic mass is 10.2. The van der Waals surface area contributed by atoms with Gasteiger partial charge in [0.1, 0.15) is 11.3 Å². The zero-order chi connectivity index (χ0) is 23.7. The average Bonchev–Trinajstić information content (AvgIpc) is 3.02. The van der Waals surface area contributed by atoms with Gasteiger partial charge in [-0.15, -0.1) is 0 Å². The van der Waals surface area contributed by atoms with Crippen LogP contribution in [0.2, 0.25) is 0 Å². The number of nitrogens with zero attached hydrogens (tertiary/aromatic N) is 2. The van der Waals surface area contributed by atoms with Gasteiger partial charge in [0.2, 0.25) is 5.76 Å². The van der Waals surface area contributed by atoms with Crippen LogP contribution in [0.25, 0.3) is 16.7 Å². The number of aromatic nitrogens is 2. The number of ether oxygens (including phenoxy) is 1. The molecule has 9 nitrogen and oxygen atoms in total. The molecule has 4 rings (SSSR count). The second-order valence-corrected chi connectivity index (χ2v) is 7.44. The summed E-state index contributed by atoms with van der Waals surface area (Å²) in [5.41, 5.74) is 0.647. The van der Waals surface area contributed by atoms with Crippen LogP contribution in [-0.4, -0.2) is 27.3 Å². The molecule has 2 aromatic carbocycles. The van der Waals surface area contributed by atoms with Crippen LogP contribution in [0.5, 0.6) is 0 Å². The van der Waals surface area contributed by atoms with Crippen LogP contribution in [0.3, 0.4) is 0 Å². The van der Waals surface area contributed by atoms with Gasteiger partial charge < -0.3 is 14.5 Å². The molecular formula is C24H21N3O6. The Bertz CT molecular complexity index is 1480. The smallest absolute Gasteiger partial charge is 0.375 e. The van der Waals surface area contributed by atoms with E-state index < -0.39 is 29.0 Å². The minimum atomic E-state index is -1.25. The molecule has 0 aliphatic rings. The number of amides is 1. The van der Waals surface area contributed by atoms with Crippen LogP contribution < -0.4 is 16.3 Å². The van der Waals surface area contributed by atoms with Crippen molar-refractivity contribution in [2.45, 2.75) is 20.0 Å². The highest BCUT2D eigenvalue weighted by molar-refractivity contribution is 5.97. The summed E-state index contributed by atoms with van der Waals surface area (Å²) in [6, 6.07) is 16.5. The van der Waals surface area contributed by atoms with E-state index in [1.54, 1.807) is 67.2 Å². The summed E-state index contributed by atoms with van der Waals surface area (Å²) in [5, 5.41) is 2.87. The van der Waals surface area contributed by atoms with Crippen LogP contribution in [0, 0.1) is 6.92 Å². The number of para-hydroxylation sites is 2. The molecule has 0 saturated heterocycles. The second-order valence-electron chi connectivity index (χ2n) is 7.44. The van der Waals surface area contributed by atoms with E-state index in [2.05, 4.69) is 5.32 Å². The third-order valence-electron chi connectivity index (χ3n) is 5.29. The van der Waals surface area contributed by atoms with Crippen LogP contribution in [0.15, 0.2) is 74.7 Å². The molecule has 168 valence electrons. The van der Waals surface area contributed by atoms with Gasteiger partial charge in [-0.2, -0.15) is 0 Å². The van der Waals surface area contributed by atoms with Gasteiger partial charge in [-0.3, -0.25) is 19.1 Å². The van der Waals surface area contributed by atoms with Crippen molar-refractivity contribution in [3.63, 3.8) is 0 Å². The molecule has 0 saturated carbocycles. The van der Waals surface area contributed by atoms with E-state index in [0.717, 1.165) is 6.07 Å². The van der Waals surface area contributed by atoms with Gasteiger partial charge in [-0.05, 0) is 38.1 Å². The zero-order valence-electron chi connectivity index (χ0n) is 18.2. The van der Waals surface area contributed by atoms with Gasteiger partial charge in [-0.25, -0.2) is 9.48 Å². The monoisotopic (exact) mass is 447 g/mol. The van der Waals surface area contributed by atoms with Crippen molar-refractivity contribution in [3.05, 3.63) is 92.7 Å². The molecular weight excluding hydrogens is 426 g/mol. The molecule has 0 aliphatic heterocycles. The first kappa shape index (κ1) is 21.8. The third-order valence-corrected chi connectivity index (χ3v) is 5.29. The summed E-state index contributed by atoms with van der Waals surface area (Å²) in [5.74, 6) is -1.98. The minimum Gasteiger partial charge on any atom is -0.449 e. The van der Waals surface area contributed by atoms with Crippen LogP contribution in [0.1, 0.15) is 23.2 Å². The molecule has 0 radical (unpaired) electrons. The normalized spacial score (nSPS) is 11.8. The molecule has 1 atom stereocenters. The van der Waals surface area contributed by atoms with Crippen molar-refractivity contribution in [1.29, 1.82) is 0 Å². The van der Waals surface area contributed by atoms with Crippen molar-refractivity contribution < 1.29 is 18.7 Å². The zero-order valence-corrected chi connectivity index (χ0v) is 18.2. The lowest BCUT2D eigenvalue weighted by Gasteiger charge is -2.12. The first-order chi connectivity index (χ1) is 15.8. The molecule has 0 fully saturated rings. The van der Waals surface area contributed by atoms with E-state index in [4.69, 9.17) is 9.15 Å². The van der Waals surface area contributed by atoms with Gasteiger partial charge >= 0.3 is 5.97 Å². The summed E-state index contributed by atoms with van der Waals surface area (Å²) < 4.78 is 13.7. The first-order valence-corrected chi connectivity index (χ1v) is 10.2. The van der Waals surface area contributed by atoms with Crippen molar-refractivity contribution >= 4 is 28.5 Å². The van der Waals surface area contributed by atoms with Gasteiger partial charge in [0.25, 0.3) is 11.5 Å². The fourth-order valence-corrected chi connectivity index (χ4v) is 3.41. The summed E-state index contributed by atoms with van der Waals surface area (Å²) in [7, 11) is 1.70. The fourth-order valence-electron chi connectivity index (χ4n) is 3.41. The predicted octanol–water partition coefficient (Wildman–Crippen LogP) is 2.77. The molecule has 1 amide bonds. The van der Waals surface area contributed by atoms with E-state index in [1.807, 2.05) is 6.07 Å². The predicted molar refractivity (Wildman–Crippen MR) is 122 cm³/mol. The van der Waals surface area contributed by atoms with E-state index >= 15 is 0 Å². The number of hydrogen-bond donors (Lipinski definition) is 1. The first-order valence-electron chi connectivity index (χ1n) is 10.2. The Balaban J connectivity index is 1.54. The van der Waals surface area contributed by atoms with E-state index in [9.17, 15) is 19.2 Å². The van der Waals surface area contributed by atoms with E-state index in [0.29, 0.717) is 16.8 Å². The maximum absolute atomic E-state index is 12.9. The van der Waals surface area contributed by atoms with Crippen LogP contribution in [0.4, 0.5) is 5.69 Å². The topological polar surface area (TPSA) is 113 Å². The van der Waals surface area contributed by atoms with Gasteiger partial charge in [0.05, 0.1) is 16.8 Å². The van der Waals surface area contributed by atoms with Crippen LogP contribution in [-0.2, 0) is 16.6 Å². The molecule has 0 bridgehead atoms. The number of rotatable bonds is 5. The van der Waals surface area contributed by atoms with Crippen molar-refractivity contribution in [2.75, 3.05) is 5.32 Å². The molecule has 33 heavy (non-hydrogen) atoms. The van der Waals surface area contributed by atoms with E-state index in [-0.39, 0.29) is 17.0 Å². The molecule has 4 aromatic rings. The number of carbonyl (C=O) groups is 2. The number of benzene rings is 2. The molecule has 0 spiro atoms. The Hall–Kier alpha value is -4.40. The average molecular weight is 447 g/mol. The molecule has 1 N–H and O–H groups in total. The van der Waals surface area contributed by atoms with Crippen molar-refractivity contribution in [2.24, 2.45) is 7.05 Å². The number of anilines is 1. The lowest BCUT2D eigenvalue weighted by Crippen LogP contribution is -2.32. The Kier molecular flexibility index (Phi) is 5.70. The Morgan fingerprint density at radius 2 is 1.70 bits per heavy atom. The van der Waals surface area contributed by atoms with Gasteiger partial charge in [-0.1, -0.05) is 30.3 Å². The molecule has 0 aliphatic carbocycles. The summed E-state index contributed by atoms with van der Waals surface area (Å²) in [6.07, 6.45) is -1.25. The molecule has 2 heterocycles. The third kappa shape index (κ3) is 4.08. The SMILES string of the molecule is Cc1c(NC(=O)C(C)OC(=O)c2cc(=O)c3ccccc3o2)c(=O)n(-c2ccccc2)n1C. The maximum Gasteiger partial charge on any atom is 0.375 e. The highest BCUT2D eigenvalue weighted by Gasteiger charge is 2.25. The number of carbonyl (C=O) groups excluding carboxylic acids is 2. The maximum atomic E-state index is 12.9. The molecule has 2 aromatic heterocycles. The standard InChI is InChI=1S/C24H21N3O6/c1-14-21(23(30)27(26(14)3)16-9-5-4-6-10-16)25-22(29)15(2)32-24(31)20-13-18(28)17-11-7-8-12-19(17)33-20/h4-13,15H,1-3H3,(H,25,29). The van der Waals surface area contributed by atoms with Crippen molar-refractivity contribution in [1.82, 2.24) is 9.36 Å². The lowest BCUT2D eigenvalue weighted by molar-refractivity contribution is -0.123. The fraction of sp³-hybridized carbons (Fsp3) is 0.167. The van der Waals surface area contributed by atoms with Crippen LogP contribution >= 0.6 is 0 Å². The number of hydrogen-bond acceptors (Lipinski definition) is 6. The van der Waals surface area contributed by atoms with E-state index in [1.165, 1.54) is 11.6 Å². The number of esters is 1. The largest absolute Gasteiger partial charge is 0.449 e. The van der Waals surface area contributed by atoms with Gasteiger partial charge in [0, 0.05) is 13.1 Å². The highest BCUT2D eigenvalue weighted by atomic mass is 16.6. The Morgan fingerprint density at radius 1 is 1.03 bits per heavy atom. The Morgan fingerprint density at radius 3 is 2.42 bits per heavy atom. The summed E-state index contributed by atoms with van der Waals surface area (Å²) >= 11 is 0. The number of fused-ring (bicyclic) bond motifs is 1. The quantitative estimate of drug-likeness (QED) is 0.471. The number of nitrogens with one attached hydrogen (secondary N) is 1.